The summed E-state index contributed by atoms with van der Waals surface area (Å²) in [5.41, 5.74) is 0.579. The van der Waals surface area contributed by atoms with Gasteiger partial charge in [0.25, 0.3) is 5.92 Å². The molecule has 0 aromatic carbocycles. The van der Waals surface area contributed by atoms with E-state index in [0.717, 1.165) is 36.8 Å². The molecule has 0 radical (unpaired) electrons. The van der Waals surface area contributed by atoms with Gasteiger partial charge in [0.1, 0.15) is 5.69 Å². The van der Waals surface area contributed by atoms with Crippen molar-refractivity contribution in [3.63, 3.8) is 0 Å². The molecule has 0 saturated carbocycles. The summed E-state index contributed by atoms with van der Waals surface area (Å²) < 4.78 is 37.1. The number of likely N-dealkylation sites (tertiary alicyclic amines) is 1. The number of aromatic nitrogens is 1. The van der Waals surface area contributed by atoms with E-state index in [1.807, 2.05) is 11.2 Å². The van der Waals surface area contributed by atoms with Crippen LogP contribution in [-0.2, 0) is 0 Å². The van der Waals surface area contributed by atoms with Crippen LogP contribution in [0.25, 0.3) is 0 Å². The van der Waals surface area contributed by atoms with Crippen LogP contribution in [-0.4, -0.2) is 48.3 Å². The maximum Gasteiger partial charge on any atom is 0.293 e. The maximum absolute atomic E-state index is 14.1. The molecule has 2 heterocycles. The zero-order valence-corrected chi connectivity index (χ0v) is 14.9. The Hall–Kier alpha value is -0.600. The van der Waals surface area contributed by atoms with Crippen molar-refractivity contribution in [3.05, 3.63) is 16.7 Å². The SMILES string of the molecule is CSNc1cc(Br)cnc1OCC(F)(F)CN1CCCCC1. The largest absolute Gasteiger partial charge is 0.470 e. The second-order valence-electron chi connectivity index (χ2n) is 5.29. The lowest BCUT2D eigenvalue weighted by molar-refractivity contribution is -0.0685. The minimum Gasteiger partial charge on any atom is -0.470 e. The molecule has 124 valence electrons. The molecular formula is C14H20BrF2N3OS. The van der Waals surface area contributed by atoms with Crippen molar-refractivity contribution in [2.24, 2.45) is 0 Å². The number of nitrogens with one attached hydrogen (secondary N) is 1. The molecule has 0 amide bonds. The Morgan fingerprint density at radius 1 is 1.41 bits per heavy atom. The fourth-order valence-electron chi connectivity index (χ4n) is 2.39. The molecular weight excluding hydrogens is 376 g/mol. The molecule has 1 aliphatic heterocycles. The Morgan fingerprint density at radius 2 is 2.14 bits per heavy atom. The number of halogens is 3. The molecule has 8 heteroatoms. The first-order valence-electron chi connectivity index (χ1n) is 7.18. The molecule has 22 heavy (non-hydrogen) atoms. The number of ether oxygens (including phenoxy) is 1. The van der Waals surface area contributed by atoms with Crippen LogP contribution in [0.3, 0.4) is 0 Å². The maximum atomic E-state index is 14.1. The van der Waals surface area contributed by atoms with Gasteiger partial charge in [0, 0.05) is 16.9 Å². The molecule has 1 fully saturated rings. The number of pyridine rings is 1. The van der Waals surface area contributed by atoms with Crippen LogP contribution < -0.4 is 9.46 Å². The smallest absolute Gasteiger partial charge is 0.293 e. The first kappa shape index (κ1) is 17.7. The monoisotopic (exact) mass is 395 g/mol. The van der Waals surface area contributed by atoms with Gasteiger partial charge in [0.2, 0.25) is 5.88 Å². The summed E-state index contributed by atoms with van der Waals surface area (Å²) in [5.74, 6) is -2.70. The van der Waals surface area contributed by atoms with Gasteiger partial charge in [0.15, 0.2) is 6.61 Å². The number of hydrogen-bond acceptors (Lipinski definition) is 5. The molecule has 4 nitrogen and oxygen atoms in total. The van der Waals surface area contributed by atoms with Crippen LogP contribution in [0.15, 0.2) is 16.7 Å². The van der Waals surface area contributed by atoms with E-state index in [9.17, 15) is 8.78 Å². The van der Waals surface area contributed by atoms with E-state index >= 15 is 0 Å². The van der Waals surface area contributed by atoms with E-state index in [0.29, 0.717) is 5.69 Å². The molecule has 1 aliphatic rings. The van der Waals surface area contributed by atoms with Crippen LogP contribution >= 0.6 is 27.9 Å². The van der Waals surface area contributed by atoms with Gasteiger partial charge >= 0.3 is 0 Å². The van der Waals surface area contributed by atoms with Crippen LogP contribution in [0.4, 0.5) is 14.5 Å². The third-order valence-corrected chi connectivity index (χ3v) is 4.21. The van der Waals surface area contributed by atoms with Crippen LogP contribution in [0.2, 0.25) is 0 Å². The minimum absolute atomic E-state index is 0.191. The third-order valence-electron chi connectivity index (χ3n) is 3.35. The van der Waals surface area contributed by atoms with E-state index in [2.05, 4.69) is 25.6 Å². The molecule has 1 N–H and O–H groups in total. The molecule has 0 aliphatic carbocycles. The second kappa shape index (κ2) is 8.31. The number of anilines is 1. The lowest BCUT2D eigenvalue weighted by Gasteiger charge is -2.30. The number of piperidine rings is 1. The fourth-order valence-corrected chi connectivity index (χ4v) is 3.09. The van der Waals surface area contributed by atoms with Crippen LogP contribution in [0, 0.1) is 0 Å². The van der Waals surface area contributed by atoms with Crippen LogP contribution in [0.5, 0.6) is 5.88 Å². The lowest BCUT2D eigenvalue weighted by Crippen LogP contribution is -2.43. The van der Waals surface area contributed by atoms with E-state index in [1.165, 1.54) is 18.1 Å². The van der Waals surface area contributed by atoms with E-state index in [-0.39, 0.29) is 12.4 Å². The average molecular weight is 396 g/mol. The standard InChI is InChI=1S/C14H20BrF2N3OS/c1-22-19-12-7-11(15)8-18-13(12)21-10-14(16,17)9-20-5-3-2-4-6-20/h7-8,19H,2-6,9-10H2,1H3. The Morgan fingerprint density at radius 3 is 2.82 bits per heavy atom. The highest BCUT2D eigenvalue weighted by atomic mass is 79.9. The molecule has 0 spiro atoms. The highest BCUT2D eigenvalue weighted by Gasteiger charge is 2.33. The van der Waals surface area contributed by atoms with E-state index < -0.39 is 12.5 Å². The molecule has 1 saturated heterocycles. The highest BCUT2D eigenvalue weighted by Crippen LogP contribution is 2.28. The molecule has 2 rings (SSSR count). The second-order valence-corrected chi connectivity index (χ2v) is 6.82. The summed E-state index contributed by atoms with van der Waals surface area (Å²) in [6.07, 6.45) is 6.49. The van der Waals surface area contributed by atoms with Crippen molar-refractivity contribution < 1.29 is 13.5 Å². The van der Waals surface area contributed by atoms with Crippen molar-refractivity contribution in [2.75, 3.05) is 37.2 Å². The van der Waals surface area contributed by atoms with Gasteiger partial charge in [-0.05, 0) is 47.9 Å². The number of hydrogen-bond donors (Lipinski definition) is 1. The van der Waals surface area contributed by atoms with Crippen LogP contribution in [0.1, 0.15) is 19.3 Å². The number of rotatable bonds is 7. The Balaban J connectivity index is 1.92. The van der Waals surface area contributed by atoms with E-state index in [1.54, 1.807) is 6.07 Å². The molecule has 0 atom stereocenters. The molecule has 0 unspecified atom stereocenters. The zero-order chi connectivity index (χ0) is 16.0. The van der Waals surface area contributed by atoms with Gasteiger partial charge in [-0.25, -0.2) is 13.8 Å². The summed E-state index contributed by atoms with van der Waals surface area (Å²) in [4.78, 5) is 5.86. The topological polar surface area (TPSA) is 37.4 Å². The van der Waals surface area contributed by atoms with Crippen molar-refractivity contribution in [1.82, 2.24) is 9.88 Å². The molecule has 1 aromatic heterocycles. The number of nitrogens with zero attached hydrogens (tertiary/aromatic N) is 2. The van der Waals surface area contributed by atoms with Crippen molar-refractivity contribution >= 4 is 33.6 Å². The fraction of sp³-hybridized carbons (Fsp3) is 0.643. The summed E-state index contributed by atoms with van der Waals surface area (Å²) in [6.45, 7) is 0.562. The summed E-state index contributed by atoms with van der Waals surface area (Å²) in [7, 11) is 0. The zero-order valence-electron chi connectivity index (χ0n) is 12.4. The third kappa shape index (κ3) is 5.55. The van der Waals surface area contributed by atoms with Gasteiger partial charge in [0.05, 0.1) is 6.54 Å². The lowest BCUT2D eigenvalue weighted by atomic mass is 10.1. The first-order chi connectivity index (χ1) is 10.5. The van der Waals surface area contributed by atoms with Crippen molar-refractivity contribution in [2.45, 2.75) is 25.2 Å². The molecule has 1 aromatic rings. The van der Waals surface area contributed by atoms with Gasteiger partial charge < -0.3 is 9.46 Å². The van der Waals surface area contributed by atoms with Crippen molar-refractivity contribution in [1.29, 1.82) is 0 Å². The minimum atomic E-state index is -2.89. The van der Waals surface area contributed by atoms with Crippen molar-refractivity contribution in [3.8, 4) is 5.88 Å². The highest BCUT2D eigenvalue weighted by molar-refractivity contribution is 9.10. The van der Waals surface area contributed by atoms with Gasteiger partial charge in [-0.1, -0.05) is 18.4 Å². The van der Waals surface area contributed by atoms with E-state index in [4.69, 9.17) is 4.74 Å². The predicted octanol–water partition coefficient (Wildman–Crippen LogP) is 4.03. The average Bonchev–Trinajstić information content (AvgIpc) is 2.47. The summed E-state index contributed by atoms with van der Waals surface area (Å²) >= 11 is 4.65. The quantitative estimate of drug-likeness (QED) is 0.705. The Bertz CT molecular complexity index is 487. The van der Waals surface area contributed by atoms with Gasteiger partial charge in [-0.2, -0.15) is 0 Å². The normalized spacial score (nSPS) is 16.5. The summed E-state index contributed by atoms with van der Waals surface area (Å²) in [6, 6.07) is 1.75. The first-order valence-corrected chi connectivity index (χ1v) is 9.19. The molecule has 0 bridgehead atoms. The Kier molecular flexibility index (Phi) is 6.70. The summed E-state index contributed by atoms with van der Waals surface area (Å²) in [5, 5.41) is 0. The Labute approximate surface area is 142 Å². The number of alkyl halides is 2. The van der Waals surface area contributed by atoms with Gasteiger partial charge in [-0.3, -0.25) is 4.90 Å². The predicted molar refractivity (Wildman–Crippen MR) is 89.8 cm³/mol. The van der Waals surface area contributed by atoms with Gasteiger partial charge in [-0.15, -0.1) is 0 Å².